The van der Waals surface area contributed by atoms with Gasteiger partial charge in [0, 0.05) is 30.1 Å². The maximum atomic E-state index is 14.0. The summed E-state index contributed by atoms with van der Waals surface area (Å²) in [6.07, 6.45) is 3.73. The lowest BCUT2D eigenvalue weighted by molar-refractivity contribution is -0.0555. The van der Waals surface area contributed by atoms with Gasteiger partial charge >= 0.3 is 0 Å². The van der Waals surface area contributed by atoms with Crippen molar-refractivity contribution in [1.29, 1.82) is 0 Å². The van der Waals surface area contributed by atoms with Crippen LogP contribution >= 0.6 is 0 Å². The summed E-state index contributed by atoms with van der Waals surface area (Å²) >= 11 is 0. The van der Waals surface area contributed by atoms with E-state index in [1.807, 2.05) is 6.07 Å². The molecule has 1 aliphatic rings. The molecule has 2 atom stereocenters. The molecule has 0 aliphatic heterocycles. The summed E-state index contributed by atoms with van der Waals surface area (Å²) in [6.45, 7) is 0. The Morgan fingerprint density at radius 3 is 2.69 bits per heavy atom. The molecule has 6 N–H and O–H groups in total. The number of rotatable bonds is 6. The van der Waals surface area contributed by atoms with E-state index in [9.17, 15) is 13.6 Å². The van der Waals surface area contributed by atoms with Gasteiger partial charge < -0.3 is 22.1 Å². The van der Waals surface area contributed by atoms with Crippen LogP contribution in [0.2, 0.25) is 0 Å². The highest BCUT2D eigenvalue weighted by atomic mass is 19.3. The largest absolute Gasteiger partial charge is 0.364 e. The molecule has 32 heavy (non-hydrogen) atoms. The maximum absolute atomic E-state index is 14.0. The smallest absolute Gasteiger partial charge is 0.273 e. The van der Waals surface area contributed by atoms with E-state index in [0.717, 1.165) is 5.56 Å². The average molecular weight is 441 g/mol. The molecule has 0 unspecified atom stereocenters. The Morgan fingerprint density at radius 2 is 1.94 bits per heavy atom. The van der Waals surface area contributed by atoms with Gasteiger partial charge in [-0.2, -0.15) is 4.98 Å². The van der Waals surface area contributed by atoms with E-state index >= 15 is 0 Å². The van der Waals surface area contributed by atoms with Crippen LogP contribution < -0.4 is 22.1 Å². The molecular formula is C20H21F2N9O. The van der Waals surface area contributed by atoms with E-state index < -0.39 is 23.9 Å². The summed E-state index contributed by atoms with van der Waals surface area (Å²) in [5.74, 6) is -3.34. The molecule has 1 fully saturated rings. The minimum atomic E-state index is -2.99. The van der Waals surface area contributed by atoms with Crippen molar-refractivity contribution in [2.75, 3.05) is 10.6 Å². The van der Waals surface area contributed by atoms with Crippen molar-refractivity contribution in [3.63, 3.8) is 0 Å². The van der Waals surface area contributed by atoms with Crippen molar-refractivity contribution in [3.05, 3.63) is 48.4 Å². The van der Waals surface area contributed by atoms with Gasteiger partial charge in [0.15, 0.2) is 17.3 Å². The third kappa shape index (κ3) is 4.59. The molecule has 1 aromatic carbocycles. The number of nitrogens with zero attached hydrogens (tertiary/aromatic N) is 5. The first kappa shape index (κ1) is 21.4. The van der Waals surface area contributed by atoms with E-state index in [-0.39, 0.29) is 23.9 Å². The van der Waals surface area contributed by atoms with Gasteiger partial charge in [-0.25, -0.2) is 18.7 Å². The number of amides is 1. The molecule has 0 saturated heterocycles. The van der Waals surface area contributed by atoms with E-state index in [2.05, 4.69) is 35.8 Å². The van der Waals surface area contributed by atoms with E-state index in [0.29, 0.717) is 24.4 Å². The third-order valence-electron chi connectivity index (χ3n) is 5.13. The van der Waals surface area contributed by atoms with Gasteiger partial charge in [-0.1, -0.05) is 12.1 Å². The molecule has 1 amide bonds. The van der Waals surface area contributed by atoms with Crippen molar-refractivity contribution in [3.8, 4) is 11.4 Å². The monoisotopic (exact) mass is 441 g/mol. The fourth-order valence-corrected chi connectivity index (χ4v) is 3.49. The Hall–Kier alpha value is -3.80. The predicted molar refractivity (Wildman–Crippen MR) is 113 cm³/mol. The van der Waals surface area contributed by atoms with E-state index in [4.69, 9.17) is 11.5 Å². The lowest BCUT2D eigenvalue weighted by atomic mass is 9.87. The number of aromatic nitrogens is 5. The molecule has 2 aromatic heterocycles. The van der Waals surface area contributed by atoms with Gasteiger partial charge in [0.1, 0.15) is 0 Å². The molecule has 1 saturated carbocycles. The Bertz CT molecular complexity index is 1110. The molecule has 166 valence electrons. The zero-order valence-corrected chi connectivity index (χ0v) is 16.9. The van der Waals surface area contributed by atoms with Gasteiger partial charge in [0.05, 0.1) is 12.1 Å². The van der Waals surface area contributed by atoms with Gasteiger partial charge in [0.2, 0.25) is 5.95 Å². The first-order chi connectivity index (χ1) is 15.3. The van der Waals surface area contributed by atoms with Gasteiger partial charge in [-0.3, -0.25) is 4.79 Å². The van der Waals surface area contributed by atoms with Crippen LogP contribution in [0.1, 0.15) is 29.8 Å². The fourth-order valence-electron chi connectivity index (χ4n) is 3.49. The number of nitrogens with one attached hydrogen (secondary N) is 2. The predicted octanol–water partition coefficient (Wildman–Crippen LogP) is 2.10. The van der Waals surface area contributed by atoms with E-state index in [1.165, 1.54) is 0 Å². The summed E-state index contributed by atoms with van der Waals surface area (Å²) in [7, 11) is 0. The number of primary amides is 1. The summed E-state index contributed by atoms with van der Waals surface area (Å²) in [6, 6.07) is 6.66. The molecule has 4 rings (SSSR count). The highest BCUT2D eigenvalue weighted by Gasteiger charge is 2.45. The Kier molecular flexibility index (Phi) is 5.86. The zero-order valence-electron chi connectivity index (χ0n) is 16.9. The molecular weight excluding hydrogens is 420 g/mol. The molecule has 0 radical (unpaired) electrons. The number of alkyl halides is 2. The lowest BCUT2D eigenvalue weighted by Crippen LogP contribution is -2.55. The van der Waals surface area contributed by atoms with Crippen LogP contribution in [-0.4, -0.2) is 49.1 Å². The lowest BCUT2D eigenvalue weighted by Gasteiger charge is -2.35. The van der Waals surface area contributed by atoms with Gasteiger partial charge in [0.25, 0.3) is 11.8 Å². The Labute approximate surface area is 181 Å². The zero-order chi connectivity index (χ0) is 22.7. The average Bonchev–Trinajstić information content (AvgIpc) is 2.78. The SMILES string of the molecule is NC(=O)c1nnc(N[C@@H]2CCCC(F)(F)[C@@H]2N)nc1Nc1cccc(-c2ncccn2)c1. The molecule has 2 heterocycles. The van der Waals surface area contributed by atoms with Crippen molar-refractivity contribution in [2.24, 2.45) is 11.5 Å². The number of nitrogens with two attached hydrogens (primary N) is 2. The van der Waals surface area contributed by atoms with Crippen LogP contribution in [-0.2, 0) is 0 Å². The standard InChI is InChI=1S/C20H21F2N9O/c21-20(22)7-2-6-13(15(20)23)28-19-29-18(14(16(24)32)30-31-19)27-12-5-1-4-11(10-12)17-25-8-3-9-26-17/h1,3-5,8-10,13,15H,2,6-7,23H2,(H2,24,32)(H2,27,28,29,31)/t13-,15-/m1/s1. The van der Waals surface area contributed by atoms with Crippen LogP contribution in [0, 0.1) is 0 Å². The molecule has 3 aromatic rings. The number of halogens is 2. The topological polar surface area (TPSA) is 158 Å². The second-order valence-corrected chi connectivity index (χ2v) is 7.40. The van der Waals surface area contributed by atoms with Crippen LogP contribution in [0.25, 0.3) is 11.4 Å². The normalized spacial score (nSPS) is 19.8. The van der Waals surface area contributed by atoms with Crippen LogP contribution in [0.4, 0.5) is 26.2 Å². The summed E-state index contributed by atoms with van der Waals surface area (Å²) < 4.78 is 27.9. The van der Waals surface area contributed by atoms with E-state index in [1.54, 1.807) is 36.7 Å². The molecule has 0 bridgehead atoms. The highest BCUT2D eigenvalue weighted by Crippen LogP contribution is 2.33. The number of carbonyl (C=O) groups excluding carboxylic acids is 1. The van der Waals surface area contributed by atoms with Gasteiger partial charge in [-0.05, 0) is 31.0 Å². The fraction of sp³-hybridized carbons (Fsp3) is 0.300. The summed E-state index contributed by atoms with van der Waals surface area (Å²) in [5.41, 5.74) is 12.2. The highest BCUT2D eigenvalue weighted by molar-refractivity contribution is 5.96. The Balaban J connectivity index is 1.60. The second kappa shape index (κ2) is 8.75. The number of anilines is 3. The molecule has 0 spiro atoms. The number of hydrogen-bond donors (Lipinski definition) is 4. The number of benzene rings is 1. The quantitative estimate of drug-likeness (QED) is 0.449. The first-order valence-corrected chi connectivity index (χ1v) is 9.92. The minimum absolute atomic E-state index is 0.0253. The van der Waals surface area contributed by atoms with Crippen LogP contribution in [0.3, 0.4) is 0 Å². The number of hydrogen-bond acceptors (Lipinski definition) is 9. The Morgan fingerprint density at radius 1 is 1.16 bits per heavy atom. The van der Waals surface area contributed by atoms with Crippen LogP contribution in [0.5, 0.6) is 0 Å². The third-order valence-corrected chi connectivity index (χ3v) is 5.13. The molecule has 1 aliphatic carbocycles. The first-order valence-electron chi connectivity index (χ1n) is 9.92. The van der Waals surface area contributed by atoms with Crippen molar-refractivity contribution < 1.29 is 13.6 Å². The van der Waals surface area contributed by atoms with Crippen molar-refractivity contribution >= 4 is 23.4 Å². The second-order valence-electron chi connectivity index (χ2n) is 7.40. The number of carbonyl (C=O) groups is 1. The summed E-state index contributed by atoms with van der Waals surface area (Å²) in [5, 5.41) is 13.4. The molecule has 12 heteroatoms. The summed E-state index contributed by atoms with van der Waals surface area (Å²) in [4.78, 5) is 24.5. The van der Waals surface area contributed by atoms with Crippen molar-refractivity contribution in [2.45, 2.75) is 37.3 Å². The van der Waals surface area contributed by atoms with Crippen molar-refractivity contribution in [1.82, 2.24) is 25.1 Å². The maximum Gasteiger partial charge on any atom is 0.273 e. The van der Waals surface area contributed by atoms with Crippen LogP contribution in [0.15, 0.2) is 42.7 Å². The minimum Gasteiger partial charge on any atom is -0.364 e. The molecule has 10 nitrogen and oxygen atoms in total. The van der Waals surface area contributed by atoms with Gasteiger partial charge in [-0.15, -0.1) is 10.2 Å².